The summed E-state index contributed by atoms with van der Waals surface area (Å²) in [5.74, 6) is -5.23. The molecule has 4 unspecified atom stereocenters. The van der Waals surface area contributed by atoms with Crippen molar-refractivity contribution in [3.05, 3.63) is 0 Å². The summed E-state index contributed by atoms with van der Waals surface area (Å²) in [7, 11) is 1.08. The number of aliphatic carboxylic acids is 1. The van der Waals surface area contributed by atoms with Crippen LogP contribution in [0.25, 0.3) is 0 Å². The highest BCUT2D eigenvalue weighted by atomic mass is 16.8. The Morgan fingerprint density at radius 2 is 1.79 bits per heavy atom. The maximum atomic E-state index is 11.5. The fourth-order valence-electron chi connectivity index (χ4n) is 3.50. The van der Waals surface area contributed by atoms with E-state index in [-0.39, 0.29) is 0 Å². The van der Waals surface area contributed by atoms with E-state index in [1.54, 1.807) is 0 Å². The lowest BCUT2D eigenvalue weighted by atomic mass is 9.92. The molecule has 168 valence electrons. The van der Waals surface area contributed by atoms with E-state index in [0.717, 1.165) is 7.11 Å². The van der Waals surface area contributed by atoms with Gasteiger partial charge in [-0.3, -0.25) is 4.79 Å². The van der Waals surface area contributed by atoms with E-state index in [1.807, 2.05) is 0 Å². The standard InChI is InChI=1S/C16H27NO12/c1-5-8(17-6(2)19)11(9(20)7(4-18)27-5)28-16(25)14(22)10(21)12(26-3)13(29-16)15(23)24/h5,7-14,18,20-22,25H,4H2,1-3H3,(H,17,19)(H,23,24)/t5-,7?,8?,9+,10-,11+,12-,13?,14?,16-/m0/s1. The molecule has 0 radical (unpaired) electrons. The molecule has 29 heavy (non-hydrogen) atoms. The topological polar surface area (TPSA) is 204 Å². The number of amides is 1. The van der Waals surface area contributed by atoms with Gasteiger partial charge in [0, 0.05) is 14.0 Å². The molecule has 2 heterocycles. The summed E-state index contributed by atoms with van der Waals surface area (Å²) in [4.78, 5) is 23.0. The van der Waals surface area contributed by atoms with Crippen molar-refractivity contribution < 1.29 is 59.2 Å². The van der Waals surface area contributed by atoms with Crippen molar-refractivity contribution in [2.45, 2.75) is 74.7 Å². The van der Waals surface area contributed by atoms with Crippen LogP contribution in [0.15, 0.2) is 0 Å². The smallest absolute Gasteiger partial charge is 0.335 e. The van der Waals surface area contributed by atoms with E-state index in [9.17, 15) is 40.2 Å². The fraction of sp³-hybridized carbons (Fsp3) is 0.875. The second kappa shape index (κ2) is 9.16. The highest BCUT2D eigenvalue weighted by molar-refractivity contribution is 5.74. The van der Waals surface area contributed by atoms with Crippen LogP contribution in [0, 0.1) is 0 Å². The number of carboxylic acid groups (broad SMARTS) is 1. The van der Waals surface area contributed by atoms with Crippen molar-refractivity contribution in [2.75, 3.05) is 13.7 Å². The van der Waals surface area contributed by atoms with Crippen LogP contribution in [0.2, 0.25) is 0 Å². The van der Waals surface area contributed by atoms with Gasteiger partial charge >= 0.3 is 11.9 Å². The first kappa shape index (κ1) is 23.9. The molecule has 0 aromatic rings. The Morgan fingerprint density at radius 1 is 1.17 bits per heavy atom. The monoisotopic (exact) mass is 425 g/mol. The molecule has 1 amide bonds. The summed E-state index contributed by atoms with van der Waals surface area (Å²) in [6.45, 7) is 2.05. The van der Waals surface area contributed by atoms with E-state index in [0.29, 0.717) is 0 Å². The Balaban J connectivity index is 2.36. The second-order valence-electron chi connectivity index (χ2n) is 7.00. The molecule has 13 nitrogen and oxygen atoms in total. The number of aliphatic hydroxyl groups is 5. The van der Waals surface area contributed by atoms with Crippen LogP contribution in [-0.2, 0) is 28.5 Å². The summed E-state index contributed by atoms with van der Waals surface area (Å²) < 4.78 is 20.6. The molecule has 0 spiro atoms. The molecule has 0 bridgehead atoms. The average Bonchev–Trinajstić information content (AvgIpc) is 2.64. The van der Waals surface area contributed by atoms with Crippen LogP contribution in [0.4, 0.5) is 0 Å². The van der Waals surface area contributed by atoms with Crippen molar-refractivity contribution in [3.63, 3.8) is 0 Å². The minimum atomic E-state index is -3.09. The molecule has 2 saturated heterocycles. The molecule has 0 saturated carbocycles. The first-order valence-corrected chi connectivity index (χ1v) is 8.88. The number of hydrogen-bond donors (Lipinski definition) is 7. The van der Waals surface area contributed by atoms with Gasteiger partial charge in [-0.1, -0.05) is 0 Å². The number of methoxy groups -OCH3 is 1. The zero-order chi connectivity index (χ0) is 22.1. The summed E-state index contributed by atoms with van der Waals surface area (Å²) in [6, 6.07) is -1.08. The lowest BCUT2D eigenvalue weighted by molar-refractivity contribution is -0.462. The van der Waals surface area contributed by atoms with Gasteiger partial charge < -0.3 is 54.9 Å². The maximum Gasteiger partial charge on any atom is 0.335 e. The van der Waals surface area contributed by atoms with E-state index in [4.69, 9.17) is 18.9 Å². The van der Waals surface area contributed by atoms with Crippen LogP contribution in [-0.4, -0.2) is 117 Å². The second-order valence-corrected chi connectivity index (χ2v) is 7.00. The summed E-state index contributed by atoms with van der Waals surface area (Å²) in [6.07, 6.45) is -12.7. The van der Waals surface area contributed by atoms with Crippen LogP contribution in [0.5, 0.6) is 0 Å². The third-order valence-electron chi connectivity index (χ3n) is 4.97. The molecule has 0 aromatic heterocycles. The van der Waals surface area contributed by atoms with Crippen molar-refractivity contribution in [1.29, 1.82) is 0 Å². The number of carbonyl (C=O) groups excluding carboxylic acids is 1. The molecule has 2 rings (SSSR count). The largest absolute Gasteiger partial charge is 0.479 e. The Labute approximate surface area is 165 Å². The predicted octanol–water partition coefficient (Wildman–Crippen LogP) is -4.12. The Kier molecular flexibility index (Phi) is 7.53. The number of carboxylic acids is 1. The van der Waals surface area contributed by atoms with E-state index < -0.39 is 79.3 Å². The number of rotatable bonds is 6. The SMILES string of the molecule is CO[C@@H]1C(C(=O)O)O[C@@](O)(O[C@@H]2C(NC(C)=O)[C@H](C)OC(CO)[C@H]2O)C(O)[C@H]1O. The minimum Gasteiger partial charge on any atom is -0.479 e. The average molecular weight is 425 g/mol. The molecule has 2 fully saturated rings. The first-order valence-electron chi connectivity index (χ1n) is 8.88. The molecule has 2 aliphatic heterocycles. The van der Waals surface area contributed by atoms with Gasteiger partial charge in [0.2, 0.25) is 5.91 Å². The number of hydrogen-bond acceptors (Lipinski definition) is 11. The van der Waals surface area contributed by atoms with Crippen molar-refractivity contribution in [2.24, 2.45) is 0 Å². The number of aliphatic hydroxyl groups excluding tert-OH is 4. The molecular formula is C16H27NO12. The van der Waals surface area contributed by atoms with Gasteiger partial charge in [-0.25, -0.2) is 4.79 Å². The minimum absolute atomic E-state index is 0.534. The van der Waals surface area contributed by atoms with Gasteiger partial charge in [-0.2, -0.15) is 0 Å². The number of nitrogens with one attached hydrogen (secondary N) is 1. The Hall–Kier alpha value is -1.42. The van der Waals surface area contributed by atoms with E-state index in [1.165, 1.54) is 13.8 Å². The van der Waals surface area contributed by atoms with Crippen molar-refractivity contribution in [1.82, 2.24) is 5.32 Å². The third-order valence-corrected chi connectivity index (χ3v) is 4.97. The van der Waals surface area contributed by atoms with Gasteiger partial charge in [-0.15, -0.1) is 0 Å². The Morgan fingerprint density at radius 3 is 2.28 bits per heavy atom. The molecular weight excluding hydrogens is 398 g/mol. The van der Waals surface area contributed by atoms with Crippen molar-refractivity contribution >= 4 is 11.9 Å². The molecule has 0 aliphatic carbocycles. The highest BCUT2D eigenvalue weighted by Gasteiger charge is 2.60. The molecule has 13 heteroatoms. The van der Waals surface area contributed by atoms with Gasteiger partial charge in [0.05, 0.1) is 18.8 Å². The predicted molar refractivity (Wildman–Crippen MR) is 90.2 cm³/mol. The quantitative estimate of drug-likeness (QED) is 0.203. The highest BCUT2D eigenvalue weighted by Crippen LogP contribution is 2.35. The molecule has 7 N–H and O–H groups in total. The number of ether oxygens (including phenoxy) is 4. The number of carbonyl (C=O) groups is 2. The van der Waals surface area contributed by atoms with Gasteiger partial charge in [-0.05, 0) is 6.92 Å². The molecule has 0 aromatic carbocycles. The normalized spacial score (nSPS) is 45.6. The van der Waals surface area contributed by atoms with Gasteiger partial charge in [0.25, 0.3) is 0 Å². The first-order chi connectivity index (χ1) is 13.5. The summed E-state index contributed by atoms with van der Waals surface area (Å²) in [5, 5.41) is 62.9. The summed E-state index contributed by atoms with van der Waals surface area (Å²) >= 11 is 0. The molecule has 2 aliphatic rings. The zero-order valence-electron chi connectivity index (χ0n) is 16.0. The Bertz CT molecular complexity index is 604. The summed E-state index contributed by atoms with van der Waals surface area (Å²) in [5.41, 5.74) is 0. The zero-order valence-corrected chi connectivity index (χ0v) is 16.0. The van der Waals surface area contributed by atoms with Crippen LogP contribution in [0.3, 0.4) is 0 Å². The third kappa shape index (κ3) is 4.68. The van der Waals surface area contributed by atoms with Crippen LogP contribution in [0.1, 0.15) is 13.8 Å². The van der Waals surface area contributed by atoms with Gasteiger partial charge in [0.15, 0.2) is 12.2 Å². The van der Waals surface area contributed by atoms with Crippen LogP contribution < -0.4 is 5.32 Å². The lowest BCUT2D eigenvalue weighted by Gasteiger charge is -2.49. The lowest BCUT2D eigenvalue weighted by Crippen LogP contribution is -2.71. The van der Waals surface area contributed by atoms with Crippen LogP contribution >= 0.6 is 0 Å². The van der Waals surface area contributed by atoms with Crippen molar-refractivity contribution in [3.8, 4) is 0 Å². The fourth-order valence-corrected chi connectivity index (χ4v) is 3.50. The molecule has 10 atom stereocenters. The van der Waals surface area contributed by atoms with E-state index >= 15 is 0 Å². The van der Waals surface area contributed by atoms with E-state index in [2.05, 4.69) is 5.32 Å². The van der Waals surface area contributed by atoms with Gasteiger partial charge in [0.1, 0.15) is 30.5 Å². The maximum absolute atomic E-state index is 11.5.